The van der Waals surface area contributed by atoms with Crippen LogP contribution in [0.1, 0.15) is 0 Å². The molecule has 0 bridgehead atoms. The van der Waals surface area contributed by atoms with Gasteiger partial charge in [0, 0.05) is 6.20 Å². The quantitative estimate of drug-likeness (QED) is 0.436. The first kappa shape index (κ1) is 19.4. The maximum absolute atomic E-state index is 13.1. The fraction of sp³-hybridized carbons (Fsp3) is 0.0909. The first-order valence-corrected chi connectivity index (χ1v) is 8.75. The highest BCUT2D eigenvalue weighted by Crippen LogP contribution is 2.31. The number of rotatable bonds is 6. The van der Waals surface area contributed by atoms with Gasteiger partial charge in [-0.3, -0.25) is 19.3 Å². The van der Waals surface area contributed by atoms with Gasteiger partial charge < -0.3 is 0 Å². The van der Waals surface area contributed by atoms with Crippen molar-refractivity contribution in [2.75, 3.05) is 23.4 Å². The molecule has 1 saturated heterocycles. The van der Waals surface area contributed by atoms with Gasteiger partial charge in [-0.1, -0.05) is 36.4 Å². The van der Waals surface area contributed by atoms with Crippen LogP contribution in [0.5, 0.6) is 0 Å². The van der Waals surface area contributed by atoms with Crippen LogP contribution in [0.4, 0.5) is 11.4 Å². The normalized spacial score (nSPS) is 13.5. The first-order chi connectivity index (χ1) is 14.2. The number of carbonyl (C=O) groups excluding carboxylic acids is 2. The van der Waals surface area contributed by atoms with E-state index in [2.05, 4.69) is 9.69 Å². The van der Waals surface area contributed by atoms with Gasteiger partial charge in [-0.25, -0.2) is 28.1 Å². The molecule has 0 spiro atoms. The summed E-state index contributed by atoms with van der Waals surface area (Å²) in [6.45, 7) is 13.9. The van der Waals surface area contributed by atoms with Crippen molar-refractivity contribution in [1.29, 1.82) is 0 Å². The summed E-state index contributed by atoms with van der Waals surface area (Å²) in [5.74, 6) is -0.895. The number of para-hydroxylation sites is 2. The van der Waals surface area contributed by atoms with Gasteiger partial charge in [0.2, 0.25) is 0 Å². The predicted octanol–water partition coefficient (Wildman–Crippen LogP) is 3.48. The van der Waals surface area contributed by atoms with E-state index in [9.17, 15) is 9.59 Å². The van der Waals surface area contributed by atoms with Crippen molar-refractivity contribution in [3.8, 4) is 0 Å². The molecule has 0 atom stereocenters. The number of amides is 2. The maximum atomic E-state index is 13.1. The van der Waals surface area contributed by atoms with Gasteiger partial charge in [0.05, 0.1) is 11.4 Å². The molecule has 0 N–H and O–H groups in total. The summed E-state index contributed by atoms with van der Waals surface area (Å²) in [5, 5.41) is 2.68. The zero-order chi connectivity index (χ0) is 20.6. The lowest BCUT2D eigenvalue weighted by atomic mass is 10.2. The number of benzene rings is 2. The molecule has 29 heavy (non-hydrogen) atoms. The number of anilines is 2. The first-order valence-electron chi connectivity index (χ1n) is 8.75. The molecule has 1 fully saturated rings. The molecule has 2 amide bonds. The standard InChI is InChI=1S/C22H17N5O2/c1-23-16-25(17-24-2)15-9-14-20-21(28)26(18-10-5-3-6-11-18)27(22(20)29)19-12-7-4-8-13-19/h3-15H,16-17H2/b15-9+. The van der Waals surface area contributed by atoms with E-state index in [1.807, 2.05) is 12.1 Å². The minimum absolute atomic E-state index is 0.000435. The average molecular weight is 383 g/mol. The maximum Gasteiger partial charge on any atom is 0.294 e. The lowest BCUT2D eigenvalue weighted by molar-refractivity contribution is -0.116. The van der Waals surface area contributed by atoms with Crippen LogP contribution in [0.2, 0.25) is 0 Å². The van der Waals surface area contributed by atoms with Crippen molar-refractivity contribution < 1.29 is 9.59 Å². The van der Waals surface area contributed by atoms with Crippen LogP contribution in [0.3, 0.4) is 0 Å². The Morgan fingerprint density at radius 2 is 1.24 bits per heavy atom. The Kier molecular flexibility index (Phi) is 6.04. The molecule has 2 aromatic rings. The van der Waals surface area contributed by atoms with E-state index in [1.165, 1.54) is 33.3 Å². The highest BCUT2D eigenvalue weighted by atomic mass is 16.2. The van der Waals surface area contributed by atoms with Gasteiger partial charge in [0.25, 0.3) is 25.2 Å². The second kappa shape index (κ2) is 9.03. The van der Waals surface area contributed by atoms with Gasteiger partial charge >= 0.3 is 0 Å². The molecule has 1 heterocycles. The van der Waals surface area contributed by atoms with E-state index in [0.29, 0.717) is 11.4 Å². The molecular formula is C22H17N5O2. The third-order valence-electron chi connectivity index (χ3n) is 4.11. The summed E-state index contributed by atoms with van der Waals surface area (Å²) in [6.07, 6.45) is 4.46. The Bertz CT molecular complexity index is 957. The molecule has 7 nitrogen and oxygen atoms in total. The summed E-state index contributed by atoms with van der Waals surface area (Å²) in [6, 6.07) is 17.9. The summed E-state index contributed by atoms with van der Waals surface area (Å²) in [7, 11) is 0. The Hall–Kier alpha value is -4.36. The zero-order valence-electron chi connectivity index (χ0n) is 15.5. The number of allylic oxidation sites excluding steroid dienone is 2. The third kappa shape index (κ3) is 4.15. The van der Waals surface area contributed by atoms with Crippen LogP contribution >= 0.6 is 0 Å². The van der Waals surface area contributed by atoms with Crippen molar-refractivity contribution in [2.24, 2.45) is 0 Å². The molecule has 142 valence electrons. The van der Waals surface area contributed by atoms with Crippen molar-refractivity contribution in [3.63, 3.8) is 0 Å². The van der Waals surface area contributed by atoms with Crippen LogP contribution in [-0.4, -0.2) is 30.1 Å². The second-order valence-electron chi connectivity index (χ2n) is 6.01. The molecule has 2 aromatic carbocycles. The summed E-state index contributed by atoms with van der Waals surface area (Å²) >= 11 is 0. The molecule has 0 saturated carbocycles. The minimum atomic E-state index is -0.448. The largest absolute Gasteiger partial charge is 0.294 e. The SMILES string of the molecule is [C-]#[N+]CN(/C=C/C=C1C(=O)N(c2ccccc2)N(c2ccccc2)C1=O)C[N+]#[C-]. The number of hydrogen-bond acceptors (Lipinski definition) is 3. The zero-order valence-corrected chi connectivity index (χ0v) is 15.5. The van der Waals surface area contributed by atoms with E-state index in [4.69, 9.17) is 13.1 Å². The van der Waals surface area contributed by atoms with Gasteiger partial charge in [0.15, 0.2) is 0 Å². The van der Waals surface area contributed by atoms with E-state index in [0.717, 1.165) is 0 Å². The monoisotopic (exact) mass is 383 g/mol. The highest BCUT2D eigenvalue weighted by molar-refractivity contribution is 6.36. The average Bonchev–Trinajstić information content (AvgIpc) is 3.00. The Morgan fingerprint density at radius 1 is 0.793 bits per heavy atom. The van der Waals surface area contributed by atoms with Crippen LogP contribution in [0, 0.1) is 13.1 Å². The predicted molar refractivity (Wildman–Crippen MR) is 110 cm³/mol. The minimum Gasteiger partial charge on any atom is -0.293 e. The number of nitrogens with zero attached hydrogens (tertiary/aromatic N) is 5. The van der Waals surface area contributed by atoms with E-state index in [-0.39, 0.29) is 18.9 Å². The lowest BCUT2D eigenvalue weighted by Crippen LogP contribution is -2.41. The van der Waals surface area contributed by atoms with Gasteiger partial charge in [0.1, 0.15) is 5.57 Å². The fourth-order valence-electron chi connectivity index (χ4n) is 2.83. The smallest absolute Gasteiger partial charge is 0.293 e. The summed E-state index contributed by atoms with van der Waals surface area (Å²) in [4.78, 5) is 34.1. The number of hydrogen-bond donors (Lipinski definition) is 0. The summed E-state index contributed by atoms with van der Waals surface area (Å²) in [5.41, 5.74) is 1.15. The Balaban J connectivity index is 1.98. The van der Waals surface area contributed by atoms with Crippen LogP contribution in [-0.2, 0) is 9.59 Å². The number of hydrazine groups is 1. The van der Waals surface area contributed by atoms with E-state index in [1.54, 1.807) is 48.5 Å². The van der Waals surface area contributed by atoms with Gasteiger partial charge in [-0.05, 0) is 36.4 Å². The molecule has 3 rings (SSSR count). The second-order valence-corrected chi connectivity index (χ2v) is 6.01. The number of carbonyl (C=O) groups is 2. The Morgan fingerprint density at radius 3 is 1.66 bits per heavy atom. The fourth-order valence-corrected chi connectivity index (χ4v) is 2.83. The van der Waals surface area contributed by atoms with Crippen LogP contribution < -0.4 is 10.0 Å². The van der Waals surface area contributed by atoms with Crippen molar-refractivity contribution in [2.45, 2.75) is 0 Å². The molecule has 0 aliphatic carbocycles. The van der Waals surface area contributed by atoms with E-state index < -0.39 is 11.8 Å². The molecule has 1 aliphatic heterocycles. The van der Waals surface area contributed by atoms with E-state index >= 15 is 0 Å². The topological polar surface area (TPSA) is 52.6 Å². The lowest BCUT2D eigenvalue weighted by Gasteiger charge is -2.27. The molecule has 0 radical (unpaired) electrons. The van der Waals surface area contributed by atoms with Crippen molar-refractivity contribution >= 4 is 23.2 Å². The molecule has 0 unspecified atom stereocenters. The molecule has 1 aliphatic rings. The highest BCUT2D eigenvalue weighted by Gasteiger charge is 2.42. The Labute approximate surface area is 169 Å². The third-order valence-corrected chi connectivity index (χ3v) is 4.11. The molecular weight excluding hydrogens is 366 g/mol. The van der Waals surface area contributed by atoms with Crippen molar-refractivity contribution in [3.05, 3.63) is 107 Å². The van der Waals surface area contributed by atoms with Gasteiger partial charge in [-0.15, -0.1) is 0 Å². The molecule has 7 heteroatoms. The summed E-state index contributed by atoms with van der Waals surface area (Å²) < 4.78 is 0. The van der Waals surface area contributed by atoms with Crippen LogP contribution in [0.25, 0.3) is 9.69 Å². The van der Waals surface area contributed by atoms with Gasteiger partial charge in [-0.2, -0.15) is 0 Å². The molecule has 0 aromatic heterocycles. The van der Waals surface area contributed by atoms with Crippen LogP contribution in [0.15, 0.2) is 84.6 Å². The van der Waals surface area contributed by atoms with Crippen molar-refractivity contribution in [1.82, 2.24) is 4.90 Å².